The summed E-state index contributed by atoms with van der Waals surface area (Å²) >= 11 is -2.24. The summed E-state index contributed by atoms with van der Waals surface area (Å²) < 4.78 is 14.8. The number of halogens is 1. The van der Waals surface area contributed by atoms with Crippen LogP contribution in [0, 0.1) is 12.7 Å². The molecule has 88 valence electrons. The second kappa shape index (κ2) is 4.73. The fourth-order valence-electron chi connectivity index (χ4n) is 1.82. The van der Waals surface area contributed by atoms with E-state index in [1.165, 1.54) is 16.6 Å². The molecule has 2 nitrogen and oxygen atoms in total. The Morgan fingerprint density at radius 1 is 1.31 bits per heavy atom. The number of carbonyl (C=O) groups excluding carboxylic acids is 1. The van der Waals surface area contributed by atoms with Gasteiger partial charge in [-0.25, -0.2) is 0 Å². The van der Waals surface area contributed by atoms with E-state index in [2.05, 4.69) is 20.1 Å². The molecule has 0 heterocycles. The maximum atomic E-state index is 13.6. The first-order valence-corrected chi connectivity index (χ1v) is 15.3. The molecule has 4 heteroatoms. The average molecular weight is 330 g/mol. The SMILES string of the molecule is CC(=O)Nc1c(F)cc[c]([Sn]([CH3])([CH3])[CH3])c1C. The number of nitrogens with one attached hydrogen (secondary N) is 1. The summed E-state index contributed by atoms with van der Waals surface area (Å²) in [4.78, 5) is 17.8. The summed E-state index contributed by atoms with van der Waals surface area (Å²) in [5.41, 5.74) is 1.23. The van der Waals surface area contributed by atoms with Crippen molar-refractivity contribution in [1.82, 2.24) is 0 Å². The molecule has 1 aromatic carbocycles. The van der Waals surface area contributed by atoms with Crippen LogP contribution in [-0.4, -0.2) is 24.3 Å². The molecule has 0 bridgehead atoms. The first-order valence-electron chi connectivity index (χ1n) is 5.30. The molecule has 1 amide bonds. The predicted octanol–water partition coefficient (Wildman–Crippen LogP) is 2.64. The molecule has 0 spiro atoms. The van der Waals surface area contributed by atoms with Crippen LogP contribution >= 0.6 is 0 Å². The Morgan fingerprint density at radius 3 is 2.31 bits per heavy atom. The van der Waals surface area contributed by atoms with Crippen molar-refractivity contribution in [2.45, 2.75) is 28.7 Å². The van der Waals surface area contributed by atoms with Gasteiger partial charge in [0.2, 0.25) is 0 Å². The Labute approximate surface area is 100 Å². The Morgan fingerprint density at radius 2 is 1.88 bits per heavy atom. The van der Waals surface area contributed by atoms with Gasteiger partial charge in [0, 0.05) is 0 Å². The summed E-state index contributed by atoms with van der Waals surface area (Å²) in [5, 5.41) is 2.57. The molecule has 0 aromatic heterocycles. The number of hydrogen-bond acceptors (Lipinski definition) is 1. The van der Waals surface area contributed by atoms with Gasteiger partial charge in [0.1, 0.15) is 0 Å². The van der Waals surface area contributed by atoms with Crippen molar-refractivity contribution in [3.63, 3.8) is 0 Å². The Bertz CT molecular complexity index is 424. The van der Waals surface area contributed by atoms with Crippen LogP contribution < -0.4 is 8.90 Å². The molecule has 0 unspecified atom stereocenters. The van der Waals surface area contributed by atoms with Gasteiger partial charge in [-0.15, -0.1) is 0 Å². The van der Waals surface area contributed by atoms with Crippen molar-refractivity contribution in [1.29, 1.82) is 0 Å². The standard InChI is InChI=1S/C9H9FNO.3CH3.Sn/c1-6-4-3-5-8(10)9(6)11-7(2)12;;;;/h3,5H,1-2H3,(H,11,12);3*1H3;. The van der Waals surface area contributed by atoms with Crippen LogP contribution in [0.5, 0.6) is 0 Å². The number of rotatable bonds is 2. The van der Waals surface area contributed by atoms with Crippen LogP contribution in [0.2, 0.25) is 14.8 Å². The van der Waals surface area contributed by atoms with E-state index < -0.39 is 18.4 Å². The molecule has 0 aliphatic heterocycles. The molecule has 0 atom stereocenters. The van der Waals surface area contributed by atoms with E-state index in [9.17, 15) is 9.18 Å². The van der Waals surface area contributed by atoms with Gasteiger partial charge in [0.15, 0.2) is 0 Å². The van der Waals surface area contributed by atoms with Gasteiger partial charge in [0.25, 0.3) is 0 Å². The fraction of sp³-hybridized carbons (Fsp3) is 0.417. The predicted molar refractivity (Wildman–Crippen MR) is 68.4 cm³/mol. The number of amides is 1. The summed E-state index contributed by atoms with van der Waals surface area (Å²) in [5.74, 6) is -0.588. The molecule has 0 radical (unpaired) electrons. The van der Waals surface area contributed by atoms with E-state index in [0.717, 1.165) is 5.56 Å². The van der Waals surface area contributed by atoms with Gasteiger partial charge in [0.05, 0.1) is 0 Å². The van der Waals surface area contributed by atoms with Crippen molar-refractivity contribution in [2.24, 2.45) is 0 Å². The van der Waals surface area contributed by atoms with E-state index in [0.29, 0.717) is 5.69 Å². The molecule has 16 heavy (non-hydrogen) atoms. The van der Waals surface area contributed by atoms with Gasteiger partial charge >= 0.3 is 100 Å². The van der Waals surface area contributed by atoms with Gasteiger partial charge in [-0.2, -0.15) is 0 Å². The van der Waals surface area contributed by atoms with Gasteiger partial charge in [-0.05, 0) is 0 Å². The van der Waals surface area contributed by atoms with Crippen molar-refractivity contribution in [3.05, 3.63) is 23.5 Å². The zero-order valence-electron chi connectivity index (χ0n) is 10.4. The van der Waals surface area contributed by atoms with Crippen LogP contribution in [0.3, 0.4) is 0 Å². The first kappa shape index (κ1) is 13.5. The van der Waals surface area contributed by atoms with Gasteiger partial charge < -0.3 is 0 Å². The molecule has 0 aliphatic carbocycles. The molecule has 1 rings (SSSR count). The van der Waals surface area contributed by atoms with Crippen molar-refractivity contribution in [3.8, 4) is 0 Å². The van der Waals surface area contributed by atoms with Gasteiger partial charge in [-0.3, -0.25) is 0 Å². The molecular weight excluding hydrogens is 312 g/mol. The molecule has 0 saturated heterocycles. The zero-order valence-corrected chi connectivity index (χ0v) is 13.3. The minimum absolute atomic E-state index is 0.233. The van der Waals surface area contributed by atoms with Crippen LogP contribution in [0.4, 0.5) is 10.1 Å². The Kier molecular flexibility index (Phi) is 3.99. The van der Waals surface area contributed by atoms with E-state index in [1.54, 1.807) is 0 Å². The van der Waals surface area contributed by atoms with E-state index >= 15 is 0 Å². The van der Waals surface area contributed by atoms with Crippen molar-refractivity contribution < 1.29 is 9.18 Å². The molecule has 0 aliphatic rings. The second-order valence-electron chi connectivity index (χ2n) is 5.03. The van der Waals surface area contributed by atoms with Crippen LogP contribution in [0.15, 0.2) is 12.1 Å². The van der Waals surface area contributed by atoms with E-state index in [1.807, 2.05) is 13.0 Å². The first-order chi connectivity index (χ1) is 7.23. The van der Waals surface area contributed by atoms with Crippen LogP contribution in [0.1, 0.15) is 12.5 Å². The number of benzene rings is 1. The molecule has 0 fully saturated rings. The zero-order chi connectivity index (χ0) is 12.5. The normalized spacial score (nSPS) is 11.4. The summed E-state index contributed by atoms with van der Waals surface area (Å²) in [6.45, 7) is 3.28. The number of hydrogen-bond donors (Lipinski definition) is 1. The molecular formula is C12H18FNOSn. The maximum absolute atomic E-state index is 13.6. The fourth-order valence-corrected chi connectivity index (χ4v) is 7.05. The number of carbonyl (C=O) groups is 1. The molecule has 1 N–H and O–H groups in total. The molecule has 0 saturated carbocycles. The van der Waals surface area contributed by atoms with Crippen molar-refractivity contribution in [2.75, 3.05) is 5.32 Å². The van der Waals surface area contributed by atoms with Gasteiger partial charge in [-0.1, -0.05) is 0 Å². The topological polar surface area (TPSA) is 29.1 Å². The monoisotopic (exact) mass is 331 g/mol. The summed E-state index contributed by atoms with van der Waals surface area (Å²) in [7, 11) is 0. The number of anilines is 1. The Hall–Kier alpha value is -0.581. The van der Waals surface area contributed by atoms with Crippen LogP contribution in [-0.2, 0) is 4.79 Å². The van der Waals surface area contributed by atoms with Crippen molar-refractivity contribution >= 4 is 33.6 Å². The average Bonchev–Trinajstić information content (AvgIpc) is 2.09. The van der Waals surface area contributed by atoms with E-state index in [-0.39, 0.29) is 11.7 Å². The molecule has 1 aromatic rings. The minimum atomic E-state index is -2.24. The quantitative estimate of drug-likeness (QED) is 0.830. The van der Waals surface area contributed by atoms with E-state index in [4.69, 9.17) is 0 Å². The summed E-state index contributed by atoms with van der Waals surface area (Å²) in [6, 6.07) is 3.32. The van der Waals surface area contributed by atoms with Crippen LogP contribution in [0.25, 0.3) is 0 Å². The Balaban J connectivity index is 3.33. The third-order valence-corrected chi connectivity index (χ3v) is 8.68. The second-order valence-corrected chi connectivity index (χ2v) is 19.4. The third kappa shape index (κ3) is 2.97. The summed E-state index contributed by atoms with van der Waals surface area (Å²) in [6.07, 6.45) is 0. The third-order valence-electron chi connectivity index (χ3n) is 2.52.